The maximum absolute atomic E-state index is 13.6. The molecule has 0 fully saturated rings. The van der Waals surface area contributed by atoms with Gasteiger partial charge < -0.3 is 9.47 Å². The number of halogens is 1. The first-order chi connectivity index (χ1) is 10.7. The van der Waals surface area contributed by atoms with Gasteiger partial charge in [-0.2, -0.15) is 0 Å². The van der Waals surface area contributed by atoms with E-state index in [4.69, 9.17) is 9.47 Å². The molecule has 0 aliphatic heterocycles. The molecule has 1 aromatic carbocycles. The van der Waals surface area contributed by atoms with Gasteiger partial charge in [-0.15, -0.1) is 0 Å². The fraction of sp³-hybridized carbons (Fsp3) is 0.412. The van der Waals surface area contributed by atoms with Crippen LogP contribution in [0.1, 0.15) is 33.3 Å². The molecule has 0 saturated heterocycles. The highest BCUT2D eigenvalue weighted by Crippen LogP contribution is 2.24. The number of aromatic nitrogens is 1. The minimum atomic E-state index is -0.678. The van der Waals surface area contributed by atoms with Crippen molar-refractivity contribution in [3.63, 3.8) is 0 Å². The fourth-order valence-electron chi connectivity index (χ4n) is 2.24. The van der Waals surface area contributed by atoms with E-state index in [1.165, 1.54) is 22.9 Å². The van der Waals surface area contributed by atoms with Crippen molar-refractivity contribution in [2.24, 2.45) is 0 Å². The van der Waals surface area contributed by atoms with E-state index in [9.17, 15) is 14.0 Å². The van der Waals surface area contributed by atoms with Crippen molar-refractivity contribution in [3.05, 3.63) is 35.8 Å². The predicted molar refractivity (Wildman–Crippen MR) is 83.9 cm³/mol. The van der Waals surface area contributed by atoms with Crippen LogP contribution in [0, 0.1) is 5.82 Å². The lowest BCUT2D eigenvalue weighted by Gasteiger charge is -2.19. The van der Waals surface area contributed by atoms with Gasteiger partial charge in [-0.25, -0.2) is 9.18 Å². The molecule has 0 spiro atoms. The molecule has 0 N–H and O–H groups in total. The van der Waals surface area contributed by atoms with Crippen LogP contribution < -0.4 is 0 Å². The van der Waals surface area contributed by atoms with Crippen molar-refractivity contribution in [2.45, 2.75) is 39.7 Å². The average molecular weight is 321 g/mol. The van der Waals surface area contributed by atoms with Gasteiger partial charge in [0.2, 0.25) is 0 Å². The number of carbonyl (C=O) groups excluding carboxylic acids is 2. The molecule has 124 valence electrons. The van der Waals surface area contributed by atoms with Crippen LogP contribution >= 0.6 is 0 Å². The van der Waals surface area contributed by atoms with Crippen LogP contribution in [0.3, 0.4) is 0 Å². The Labute approximate surface area is 134 Å². The third kappa shape index (κ3) is 4.09. The highest BCUT2D eigenvalue weighted by Gasteiger charge is 2.22. The van der Waals surface area contributed by atoms with E-state index in [2.05, 4.69) is 0 Å². The second-order valence-electron chi connectivity index (χ2n) is 6.15. The Hall–Kier alpha value is -2.37. The van der Waals surface area contributed by atoms with E-state index < -0.39 is 23.5 Å². The van der Waals surface area contributed by atoms with Crippen molar-refractivity contribution in [1.29, 1.82) is 0 Å². The Balaban J connectivity index is 2.46. The average Bonchev–Trinajstić information content (AvgIpc) is 2.75. The molecule has 0 radical (unpaired) electrons. The first-order valence-electron chi connectivity index (χ1n) is 7.39. The summed E-state index contributed by atoms with van der Waals surface area (Å²) in [5, 5.41) is 0.616. The first-order valence-corrected chi connectivity index (χ1v) is 7.39. The number of carbonyl (C=O) groups is 2. The Bertz CT molecular complexity index is 743. The molecule has 0 saturated carbocycles. The Kier molecular flexibility index (Phi) is 4.73. The number of esters is 1. The first kappa shape index (κ1) is 17.0. The molecule has 0 aliphatic carbocycles. The highest BCUT2D eigenvalue weighted by molar-refractivity contribution is 5.94. The van der Waals surface area contributed by atoms with Gasteiger partial charge in [0, 0.05) is 11.6 Å². The van der Waals surface area contributed by atoms with Crippen molar-refractivity contribution < 1.29 is 23.5 Å². The van der Waals surface area contributed by atoms with Gasteiger partial charge in [0.05, 0.1) is 18.5 Å². The summed E-state index contributed by atoms with van der Waals surface area (Å²) in [6.07, 6.45) is 0.879. The molecule has 5 nitrogen and oxygen atoms in total. The van der Waals surface area contributed by atoms with E-state index in [0.29, 0.717) is 16.5 Å². The molecule has 0 atom stereocenters. The minimum absolute atomic E-state index is 0.00572. The summed E-state index contributed by atoms with van der Waals surface area (Å²) in [6, 6.07) is 4.07. The van der Waals surface area contributed by atoms with Crippen molar-refractivity contribution in [1.82, 2.24) is 4.57 Å². The second-order valence-corrected chi connectivity index (χ2v) is 6.15. The summed E-state index contributed by atoms with van der Waals surface area (Å²) >= 11 is 0. The molecule has 0 aliphatic rings. The Morgan fingerprint density at radius 2 is 1.96 bits per heavy atom. The molecule has 0 amide bonds. The summed E-state index contributed by atoms with van der Waals surface area (Å²) in [4.78, 5) is 24.0. The van der Waals surface area contributed by atoms with E-state index >= 15 is 0 Å². The summed E-state index contributed by atoms with van der Waals surface area (Å²) in [7, 11) is 0. The van der Waals surface area contributed by atoms with Gasteiger partial charge in [0.25, 0.3) is 0 Å². The maximum atomic E-state index is 13.6. The van der Waals surface area contributed by atoms with Crippen molar-refractivity contribution >= 4 is 23.0 Å². The van der Waals surface area contributed by atoms with Crippen molar-refractivity contribution in [2.75, 3.05) is 6.61 Å². The summed E-state index contributed by atoms with van der Waals surface area (Å²) in [5.74, 6) is -0.872. The third-order valence-corrected chi connectivity index (χ3v) is 3.08. The zero-order valence-corrected chi connectivity index (χ0v) is 13.7. The smallest absolute Gasteiger partial charge is 0.419 e. The summed E-state index contributed by atoms with van der Waals surface area (Å²) in [5.41, 5.74) is 0.269. The van der Waals surface area contributed by atoms with Gasteiger partial charge in [-0.3, -0.25) is 9.36 Å². The van der Waals surface area contributed by atoms with Gasteiger partial charge in [0.1, 0.15) is 11.4 Å². The molecule has 1 aromatic heterocycles. The number of fused-ring (bicyclic) bond motifs is 1. The molecule has 6 heteroatoms. The topological polar surface area (TPSA) is 57.5 Å². The van der Waals surface area contributed by atoms with E-state index in [0.717, 1.165) is 0 Å². The largest absolute Gasteiger partial charge is 0.466 e. The van der Waals surface area contributed by atoms with Crippen LogP contribution in [-0.2, 0) is 20.7 Å². The van der Waals surface area contributed by atoms with Gasteiger partial charge in [0.15, 0.2) is 0 Å². The molecular formula is C17H20FNO4. The van der Waals surface area contributed by atoms with Gasteiger partial charge >= 0.3 is 12.1 Å². The zero-order valence-electron chi connectivity index (χ0n) is 13.7. The van der Waals surface area contributed by atoms with Crippen LogP contribution in [-0.4, -0.2) is 28.8 Å². The van der Waals surface area contributed by atoms with E-state index in [1.807, 2.05) is 0 Å². The molecule has 2 aromatic rings. The number of hydrogen-bond donors (Lipinski definition) is 0. The number of benzene rings is 1. The predicted octanol–water partition coefficient (Wildman–Crippen LogP) is 3.67. The lowest BCUT2D eigenvalue weighted by Crippen LogP contribution is -2.26. The van der Waals surface area contributed by atoms with Crippen LogP contribution in [0.4, 0.5) is 9.18 Å². The van der Waals surface area contributed by atoms with Crippen LogP contribution in [0.25, 0.3) is 10.9 Å². The second kappa shape index (κ2) is 6.40. The zero-order chi connectivity index (χ0) is 17.2. The normalized spacial score (nSPS) is 11.5. The van der Waals surface area contributed by atoms with Crippen LogP contribution in [0.5, 0.6) is 0 Å². The number of nitrogens with zero attached hydrogens (tertiary/aromatic N) is 1. The number of hydrogen-bond acceptors (Lipinski definition) is 4. The van der Waals surface area contributed by atoms with Crippen molar-refractivity contribution in [3.8, 4) is 0 Å². The fourth-order valence-corrected chi connectivity index (χ4v) is 2.24. The molecule has 0 bridgehead atoms. The quantitative estimate of drug-likeness (QED) is 0.809. The number of rotatable bonds is 3. The molecule has 0 unspecified atom stereocenters. The summed E-state index contributed by atoms with van der Waals surface area (Å²) < 4.78 is 25.0. The number of ether oxygens (including phenoxy) is 2. The Morgan fingerprint density at radius 3 is 2.57 bits per heavy atom. The Morgan fingerprint density at radius 1 is 1.26 bits per heavy atom. The van der Waals surface area contributed by atoms with E-state index in [-0.39, 0.29) is 13.0 Å². The monoisotopic (exact) mass is 321 g/mol. The molecular weight excluding hydrogens is 301 g/mol. The molecule has 23 heavy (non-hydrogen) atoms. The van der Waals surface area contributed by atoms with Gasteiger partial charge in [-0.1, -0.05) is 0 Å². The SMILES string of the molecule is CCOC(=O)Cc1cn(C(=O)OC(C)(C)C)c2cc(F)ccc12. The van der Waals surface area contributed by atoms with Gasteiger partial charge in [-0.05, 0) is 51.5 Å². The third-order valence-electron chi connectivity index (χ3n) is 3.08. The minimum Gasteiger partial charge on any atom is -0.466 e. The maximum Gasteiger partial charge on any atom is 0.419 e. The molecule has 1 heterocycles. The summed E-state index contributed by atoms with van der Waals surface area (Å²) in [6.45, 7) is 7.24. The molecule has 2 rings (SSSR count). The van der Waals surface area contributed by atoms with Crippen LogP contribution in [0.2, 0.25) is 0 Å². The van der Waals surface area contributed by atoms with Crippen LogP contribution in [0.15, 0.2) is 24.4 Å². The van der Waals surface area contributed by atoms with E-state index in [1.54, 1.807) is 33.8 Å². The lowest BCUT2D eigenvalue weighted by atomic mass is 10.1. The standard InChI is InChI=1S/C17H20FNO4/c1-5-22-15(20)8-11-10-19(16(21)23-17(2,3)4)14-9-12(18)6-7-13(11)14/h6-7,9-10H,5,8H2,1-4H3. The lowest BCUT2D eigenvalue weighted by molar-refractivity contribution is -0.142. The highest BCUT2D eigenvalue weighted by atomic mass is 19.1.